The van der Waals surface area contributed by atoms with Gasteiger partial charge in [0.1, 0.15) is 17.2 Å². The van der Waals surface area contributed by atoms with Gasteiger partial charge in [-0.2, -0.15) is 0 Å². The first-order valence-corrected chi connectivity index (χ1v) is 11.2. The fraction of sp³-hybridized carbons (Fsp3) is 0.115. The number of nitrogens with zero attached hydrogens (tertiary/aromatic N) is 2. The first-order chi connectivity index (χ1) is 16.1. The number of benzene rings is 3. The number of ketones is 1. The number of rotatable bonds is 7. The zero-order valence-corrected chi connectivity index (χ0v) is 19.0. The van der Waals surface area contributed by atoms with E-state index in [0.29, 0.717) is 27.9 Å². The third kappa shape index (κ3) is 5.15. The Kier molecular flexibility index (Phi) is 6.90. The average molecular weight is 459 g/mol. The minimum absolute atomic E-state index is 0.0570. The summed E-state index contributed by atoms with van der Waals surface area (Å²) >= 11 is 1.24. The number of aliphatic imine (C=N–C) groups is 1. The summed E-state index contributed by atoms with van der Waals surface area (Å²) in [4.78, 5) is 32.1. The average Bonchev–Trinajstić information content (AvgIpc) is 3.18. The summed E-state index contributed by atoms with van der Waals surface area (Å²) in [6, 6.07) is 23.6. The van der Waals surface area contributed by atoms with Crippen LogP contribution in [0.2, 0.25) is 0 Å². The molecule has 7 heteroatoms. The Morgan fingerprint density at radius 1 is 0.909 bits per heavy atom. The molecule has 0 unspecified atom stereocenters. The van der Waals surface area contributed by atoms with Gasteiger partial charge < -0.3 is 9.47 Å². The van der Waals surface area contributed by atoms with E-state index in [1.54, 1.807) is 49.5 Å². The molecule has 6 nitrogen and oxygen atoms in total. The topological polar surface area (TPSA) is 68.2 Å². The number of anilines is 1. The maximum atomic E-state index is 13.2. The van der Waals surface area contributed by atoms with Gasteiger partial charge in [-0.15, -0.1) is 0 Å². The Morgan fingerprint density at radius 2 is 1.52 bits per heavy atom. The van der Waals surface area contributed by atoms with E-state index in [4.69, 9.17) is 9.47 Å². The molecule has 0 saturated carbocycles. The molecule has 1 heterocycles. The highest BCUT2D eigenvalue weighted by Gasteiger charge is 2.32. The molecule has 3 aromatic rings. The maximum Gasteiger partial charge on any atom is 0.283 e. The van der Waals surface area contributed by atoms with Crippen molar-refractivity contribution < 1.29 is 19.1 Å². The molecule has 3 aromatic carbocycles. The Labute approximate surface area is 196 Å². The highest BCUT2D eigenvalue weighted by molar-refractivity contribution is 8.14. The highest BCUT2D eigenvalue weighted by Crippen LogP contribution is 2.30. The Hall–Kier alpha value is -3.84. The molecular weight excluding hydrogens is 436 g/mol. The third-order valence-electron chi connectivity index (χ3n) is 5.01. The van der Waals surface area contributed by atoms with Gasteiger partial charge in [-0.1, -0.05) is 42.1 Å². The van der Waals surface area contributed by atoms with Crippen LogP contribution < -0.4 is 14.4 Å². The van der Waals surface area contributed by atoms with Gasteiger partial charge in [-0.25, -0.2) is 4.99 Å². The fourth-order valence-electron chi connectivity index (χ4n) is 3.25. The Balaban J connectivity index is 1.58. The van der Waals surface area contributed by atoms with Gasteiger partial charge in [0.25, 0.3) is 5.91 Å². The quantitative estimate of drug-likeness (QED) is 0.366. The molecule has 0 spiro atoms. The SMILES string of the molecule is COc1ccc(C=C2N=C(SCC(=O)c3ccc(OC)cc3)N(c3ccccc3)C2=O)cc1. The summed E-state index contributed by atoms with van der Waals surface area (Å²) < 4.78 is 10.3. The highest BCUT2D eigenvalue weighted by atomic mass is 32.2. The van der Waals surface area contributed by atoms with Crippen molar-refractivity contribution in [2.45, 2.75) is 0 Å². The molecule has 0 radical (unpaired) electrons. The largest absolute Gasteiger partial charge is 0.497 e. The normalized spacial score (nSPS) is 14.4. The Morgan fingerprint density at radius 3 is 2.12 bits per heavy atom. The van der Waals surface area contributed by atoms with Crippen LogP contribution >= 0.6 is 11.8 Å². The molecule has 0 bridgehead atoms. The number of amidine groups is 1. The van der Waals surface area contributed by atoms with Crippen LogP contribution in [0.5, 0.6) is 11.5 Å². The summed E-state index contributed by atoms with van der Waals surface area (Å²) in [5.41, 5.74) is 2.41. The van der Waals surface area contributed by atoms with Crippen LogP contribution in [0.25, 0.3) is 6.08 Å². The van der Waals surface area contributed by atoms with E-state index in [-0.39, 0.29) is 17.4 Å². The monoisotopic (exact) mass is 458 g/mol. The van der Waals surface area contributed by atoms with E-state index in [1.807, 2.05) is 54.6 Å². The van der Waals surface area contributed by atoms with Crippen LogP contribution in [-0.2, 0) is 4.79 Å². The molecule has 0 aromatic heterocycles. The van der Waals surface area contributed by atoms with Crippen molar-refractivity contribution in [3.05, 3.63) is 95.7 Å². The summed E-state index contributed by atoms with van der Waals surface area (Å²) in [5.74, 6) is 1.28. The van der Waals surface area contributed by atoms with E-state index in [0.717, 1.165) is 11.3 Å². The minimum Gasteiger partial charge on any atom is -0.497 e. The van der Waals surface area contributed by atoms with Gasteiger partial charge in [0, 0.05) is 5.56 Å². The van der Waals surface area contributed by atoms with Crippen LogP contribution in [0.15, 0.2) is 89.6 Å². The fourth-order valence-corrected chi connectivity index (χ4v) is 4.15. The summed E-state index contributed by atoms with van der Waals surface area (Å²) in [5, 5.41) is 0.466. The molecule has 33 heavy (non-hydrogen) atoms. The lowest BCUT2D eigenvalue weighted by atomic mass is 10.1. The summed E-state index contributed by atoms with van der Waals surface area (Å²) in [7, 11) is 3.18. The smallest absolute Gasteiger partial charge is 0.283 e. The number of Topliss-reactive ketones (excluding diaryl/α,β-unsaturated/α-hetero) is 1. The molecule has 0 N–H and O–H groups in total. The first-order valence-electron chi connectivity index (χ1n) is 10.2. The second-order valence-electron chi connectivity index (χ2n) is 7.11. The number of carbonyl (C=O) groups is 2. The molecule has 0 aliphatic carbocycles. The van der Waals surface area contributed by atoms with Gasteiger partial charge in [-0.05, 0) is 60.2 Å². The van der Waals surface area contributed by atoms with E-state index in [1.165, 1.54) is 11.8 Å². The van der Waals surface area contributed by atoms with Crippen molar-refractivity contribution in [3.8, 4) is 11.5 Å². The van der Waals surface area contributed by atoms with E-state index in [2.05, 4.69) is 4.99 Å². The lowest BCUT2D eigenvalue weighted by Crippen LogP contribution is -2.30. The van der Waals surface area contributed by atoms with Crippen molar-refractivity contribution in [1.82, 2.24) is 0 Å². The van der Waals surface area contributed by atoms with Crippen LogP contribution in [-0.4, -0.2) is 36.8 Å². The summed E-state index contributed by atoms with van der Waals surface area (Å²) in [6.45, 7) is 0. The standard InChI is InChI=1S/C26H22N2O4S/c1-31-21-12-8-18(9-13-21)16-23-25(30)28(20-6-4-3-5-7-20)26(27-23)33-17-24(29)19-10-14-22(32-2)15-11-19/h3-16H,17H2,1-2H3. The summed E-state index contributed by atoms with van der Waals surface area (Å²) in [6.07, 6.45) is 1.73. The zero-order chi connectivity index (χ0) is 23.2. The van der Waals surface area contributed by atoms with Gasteiger partial charge in [-0.3, -0.25) is 14.5 Å². The number of amides is 1. The molecule has 0 atom stereocenters. The number of hydrogen-bond acceptors (Lipinski definition) is 6. The molecule has 4 rings (SSSR count). The third-order valence-corrected chi connectivity index (χ3v) is 5.95. The molecule has 1 amide bonds. The number of thioether (sulfide) groups is 1. The van der Waals surface area contributed by atoms with E-state index >= 15 is 0 Å². The molecule has 166 valence electrons. The van der Waals surface area contributed by atoms with Gasteiger partial charge >= 0.3 is 0 Å². The van der Waals surface area contributed by atoms with Gasteiger partial charge in [0.2, 0.25) is 0 Å². The lowest BCUT2D eigenvalue weighted by Gasteiger charge is -2.17. The molecule has 0 saturated heterocycles. The second kappa shape index (κ2) is 10.2. The predicted octanol–water partition coefficient (Wildman–Crippen LogP) is 5.06. The first kappa shape index (κ1) is 22.4. The van der Waals surface area contributed by atoms with E-state index < -0.39 is 0 Å². The molecule has 1 aliphatic heterocycles. The van der Waals surface area contributed by atoms with Crippen LogP contribution in [0, 0.1) is 0 Å². The van der Waals surface area contributed by atoms with Crippen LogP contribution in [0.4, 0.5) is 5.69 Å². The van der Waals surface area contributed by atoms with Gasteiger partial charge in [0.05, 0.1) is 25.7 Å². The van der Waals surface area contributed by atoms with Crippen molar-refractivity contribution in [1.29, 1.82) is 0 Å². The van der Waals surface area contributed by atoms with E-state index in [9.17, 15) is 9.59 Å². The molecule has 0 fully saturated rings. The van der Waals surface area contributed by atoms with Crippen LogP contribution in [0.3, 0.4) is 0 Å². The molecular formula is C26H22N2O4S. The van der Waals surface area contributed by atoms with Crippen molar-refractivity contribution in [3.63, 3.8) is 0 Å². The number of hydrogen-bond donors (Lipinski definition) is 0. The van der Waals surface area contributed by atoms with Gasteiger partial charge in [0.15, 0.2) is 11.0 Å². The minimum atomic E-state index is -0.239. The zero-order valence-electron chi connectivity index (χ0n) is 18.2. The number of ether oxygens (including phenoxy) is 2. The number of carbonyl (C=O) groups excluding carboxylic acids is 2. The number of para-hydroxylation sites is 1. The maximum absolute atomic E-state index is 13.2. The second-order valence-corrected chi connectivity index (χ2v) is 8.06. The predicted molar refractivity (Wildman–Crippen MR) is 132 cm³/mol. The van der Waals surface area contributed by atoms with Crippen molar-refractivity contribution in [2.24, 2.45) is 4.99 Å². The molecule has 1 aliphatic rings. The van der Waals surface area contributed by atoms with Crippen LogP contribution in [0.1, 0.15) is 15.9 Å². The lowest BCUT2D eigenvalue weighted by molar-refractivity contribution is -0.113. The van der Waals surface area contributed by atoms with Crippen molar-refractivity contribution >= 4 is 40.4 Å². The Bertz CT molecular complexity index is 1200. The van der Waals surface area contributed by atoms with Crippen molar-refractivity contribution in [2.75, 3.05) is 24.9 Å². The number of methoxy groups -OCH3 is 2.